The Balaban J connectivity index is 2.21. The average Bonchev–Trinajstić information content (AvgIpc) is 2.80. The summed E-state index contributed by atoms with van der Waals surface area (Å²) in [5.41, 5.74) is 1.37. The summed E-state index contributed by atoms with van der Waals surface area (Å²) >= 11 is 0. The molecule has 1 unspecified atom stereocenters. The predicted molar refractivity (Wildman–Crippen MR) is 128 cm³/mol. The summed E-state index contributed by atoms with van der Waals surface area (Å²) in [7, 11) is 1.66. The molecule has 0 fully saturated rings. The molecule has 1 atom stereocenters. The first-order valence-corrected chi connectivity index (χ1v) is 11.0. The van der Waals surface area contributed by atoms with Gasteiger partial charge in [-0.05, 0) is 24.1 Å². The van der Waals surface area contributed by atoms with Crippen LogP contribution in [0.4, 0.5) is 11.6 Å². The van der Waals surface area contributed by atoms with E-state index in [1.165, 1.54) is 4.90 Å². The van der Waals surface area contributed by atoms with Crippen LogP contribution in [0.25, 0.3) is 11.2 Å². The number of carboxylic acid groups (broad SMARTS) is 1. The highest BCUT2D eigenvalue weighted by atomic mass is 16.4. The van der Waals surface area contributed by atoms with Crippen molar-refractivity contribution in [3.8, 4) is 0 Å². The highest BCUT2D eigenvalue weighted by Gasteiger charge is 2.22. The molecule has 2 aromatic heterocycles. The van der Waals surface area contributed by atoms with Crippen LogP contribution >= 0.6 is 0 Å². The van der Waals surface area contributed by atoms with Crippen LogP contribution in [0.3, 0.4) is 0 Å². The molecule has 0 spiro atoms. The second-order valence-corrected chi connectivity index (χ2v) is 8.10. The smallest absolute Gasteiger partial charge is 0.305 e. The van der Waals surface area contributed by atoms with Crippen LogP contribution in [0.1, 0.15) is 45.2 Å². The molecular weight excluding hydrogens is 422 g/mol. The lowest BCUT2D eigenvalue weighted by Crippen LogP contribution is -2.33. The van der Waals surface area contributed by atoms with Gasteiger partial charge in [-0.3, -0.25) is 23.9 Å². The van der Waals surface area contributed by atoms with Gasteiger partial charge in [-0.25, -0.2) is 9.97 Å². The lowest BCUT2D eigenvalue weighted by molar-refractivity contribution is -0.136. The van der Waals surface area contributed by atoms with E-state index >= 15 is 0 Å². The number of hydrogen-bond acceptors (Lipinski definition) is 6. The number of fused-ring (bicyclic) bond motifs is 1. The van der Waals surface area contributed by atoms with Gasteiger partial charge in [0.1, 0.15) is 11.3 Å². The second kappa shape index (κ2) is 10.2. The molecule has 0 aliphatic rings. The summed E-state index contributed by atoms with van der Waals surface area (Å²) in [6, 6.07) is 12.7. The van der Waals surface area contributed by atoms with E-state index < -0.39 is 11.5 Å². The number of carbonyl (C=O) groups excluding carboxylic acids is 1. The van der Waals surface area contributed by atoms with Gasteiger partial charge in [-0.2, -0.15) is 0 Å². The lowest BCUT2D eigenvalue weighted by Gasteiger charge is -2.23. The van der Waals surface area contributed by atoms with E-state index in [1.54, 1.807) is 23.7 Å². The first kappa shape index (κ1) is 23.9. The third-order valence-electron chi connectivity index (χ3n) is 5.40. The Hall–Kier alpha value is -3.75. The maximum atomic E-state index is 13.5. The fraction of sp³-hybridized carbons (Fsp3) is 0.375. The van der Waals surface area contributed by atoms with Crippen LogP contribution in [-0.4, -0.2) is 45.1 Å². The maximum Gasteiger partial charge on any atom is 0.305 e. The van der Waals surface area contributed by atoms with Crippen molar-refractivity contribution in [3.63, 3.8) is 0 Å². The molecule has 0 bridgehead atoms. The van der Waals surface area contributed by atoms with Crippen molar-refractivity contribution in [1.82, 2.24) is 14.5 Å². The van der Waals surface area contributed by atoms with Crippen molar-refractivity contribution in [3.05, 3.63) is 58.4 Å². The summed E-state index contributed by atoms with van der Waals surface area (Å²) in [5, 5.41) is 11.8. The number of nitrogens with zero attached hydrogens (tertiary/aromatic N) is 4. The van der Waals surface area contributed by atoms with E-state index in [0.717, 1.165) is 5.56 Å². The number of nitrogens with one attached hydrogen (secondary N) is 1. The monoisotopic (exact) mass is 451 g/mol. The van der Waals surface area contributed by atoms with Gasteiger partial charge in [0.2, 0.25) is 5.91 Å². The van der Waals surface area contributed by atoms with Crippen LogP contribution in [0.5, 0.6) is 0 Å². The Labute approximate surface area is 192 Å². The minimum absolute atomic E-state index is 0.0688. The van der Waals surface area contributed by atoms with E-state index in [0.29, 0.717) is 23.4 Å². The van der Waals surface area contributed by atoms with Crippen molar-refractivity contribution < 1.29 is 14.7 Å². The molecule has 0 aliphatic carbocycles. The van der Waals surface area contributed by atoms with Gasteiger partial charge in [0.15, 0.2) is 11.5 Å². The van der Waals surface area contributed by atoms with Crippen molar-refractivity contribution in [1.29, 1.82) is 0 Å². The molecular formula is C24H29N5O4. The number of carbonyl (C=O) groups is 2. The SMILES string of the molecule is CCC(c1ccccc1)n1c(=O)c(NCCC(=O)O)nc2ccc(N(C)C(=O)C(C)C)nc21. The fourth-order valence-corrected chi connectivity index (χ4v) is 3.70. The van der Waals surface area contributed by atoms with Crippen LogP contribution < -0.4 is 15.8 Å². The number of rotatable bonds is 9. The molecule has 9 heteroatoms. The van der Waals surface area contributed by atoms with E-state index in [2.05, 4.69) is 15.3 Å². The number of anilines is 2. The van der Waals surface area contributed by atoms with Gasteiger partial charge in [0, 0.05) is 19.5 Å². The van der Waals surface area contributed by atoms with Gasteiger partial charge < -0.3 is 10.4 Å². The molecule has 2 heterocycles. The molecule has 3 rings (SSSR count). The van der Waals surface area contributed by atoms with Crippen LogP contribution in [0.15, 0.2) is 47.3 Å². The Morgan fingerprint density at radius 2 is 1.82 bits per heavy atom. The summed E-state index contributed by atoms with van der Waals surface area (Å²) in [6.45, 7) is 5.68. The third kappa shape index (κ3) is 5.19. The van der Waals surface area contributed by atoms with E-state index in [-0.39, 0.29) is 36.7 Å². The predicted octanol–water partition coefficient (Wildman–Crippen LogP) is 3.30. The number of benzene rings is 1. The number of carboxylic acids is 1. The van der Waals surface area contributed by atoms with Crippen LogP contribution in [0.2, 0.25) is 0 Å². The van der Waals surface area contributed by atoms with E-state index in [9.17, 15) is 14.4 Å². The highest BCUT2D eigenvalue weighted by Crippen LogP contribution is 2.26. The van der Waals surface area contributed by atoms with E-state index in [1.807, 2.05) is 51.1 Å². The quantitative estimate of drug-likeness (QED) is 0.512. The van der Waals surface area contributed by atoms with Crippen molar-refractivity contribution in [2.24, 2.45) is 5.92 Å². The summed E-state index contributed by atoms with van der Waals surface area (Å²) < 4.78 is 1.58. The Bertz CT molecular complexity index is 1210. The number of hydrogen-bond donors (Lipinski definition) is 2. The third-order valence-corrected chi connectivity index (χ3v) is 5.40. The number of aliphatic carboxylic acids is 1. The Morgan fingerprint density at radius 3 is 2.42 bits per heavy atom. The molecule has 1 aromatic carbocycles. The number of pyridine rings is 1. The molecule has 33 heavy (non-hydrogen) atoms. The van der Waals surface area contributed by atoms with Crippen molar-refractivity contribution in [2.75, 3.05) is 23.8 Å². The second-order valence-electron chi connectivity index (χ2n) is 8.10. The zero-order valence-electron chi connectivity index (χ0n) is 19.3. The summed E-state index contributed by atoms with van der Waals surface area (Å²) in [6.07, 6.45) is 0.471. The zero-order valence-corrected chi connectivity index (χ0v) is 19.3. The van der Waals surface area contributed by atoms with Crippen molar-refractivity contribution >= 4 is 34.7 Å². The molecule has 0 saturated carbocycles. The molecule has 174 valence electrons. The largest absolute Gasteiger partial charge is 0.481 e. The van der Waals surface area contributed by atoms with Gasteiger partial charge in [0.25, 0.3) is 5.56 Å². The van der Waals surface area contributed by atoms with Gasteiger partial charge in [-0.1, -0.05) is 51.1 Å². The average molecular weight is 452 g/mol. The van der Waals surface area contributed by atoms with Crippen LogP contribution in [0, 0.1) is 5.92 Å². The van der Waals surface area contributed by atoms with Gasteiger partial charge in [-0.15, -0.1) is 0 Å². The van der Waals surface area contributed by atoms with Gasteiger partial charge in [0.05, 0.1) is 12.5 Å². The molecule has 0 aliphatic heterocycles. The van der Waals surface area contributed by atoms with Crippen LogP contribution in [-0.2, 0) is 9.59 Å². The molecule has 1 amide bonds. The molecule has 9 nitrogen and oxygen atoms in total. The molecule has 0 saturated heterocycles. The zero-order chi connectivity index (χ0) is 24.1. The number of amides is 1. The maximum absolute atomic E-state index is 13.5. The topological polar surface area (TPSA) is 117 Å². The van der Waals surface area contributed by atoms with E-state index in [4.69, 9.17) is 5.11 Å². The number of aromatic nitrogens is 3. The first-order chi connectivity index (χ1) is 15.7. The normalized spacial score (nSPS) is 12.0. The molecule has 3 aromatic rings. The minimum atomic E-state index is -0.969. The van der Waals surface area contributed by atoms with Gasteiger partial charge >= 0.3 is 5.97 Å². The summed E-state index contributed by atoms with van der Waals surface area (Å²) in [4.78, 5) is 47.5. The first-order valence-electron chi connectivity index (χ1n) is 11.0. The Morgan fingerprint density at radius 1 is 1.12 bits per heavy atom. The standard InChI is InChI=1S/C24H29N5O4/c1-5-18(16-9-7-6-8-10-16)29-22-17(26-21(24(29)33)25-14-13-20(30)31)11-12-19(27-22)28(4)23(32)15(2)3/h6-12,15,18H,5,13-14H2,1-4H3,(H,25,26)(H,30,31). The minimum Gasteiger partial charge on any atom is -0.481 e. The lowest BCUT2D eigenvalue weighted by atomic mass is 10.0. The Kier molecular flexibility index (Phi) is 7.42. The molecule has 2 N–H and O–H groups in total. The highest BCUT2D eigenvalue weighted by molar-refractivity contribution is 5.94. The van der Waals surface area contributed by atoms with Crippen molar-refractivity contribution in [2.45, 2.75) is 39.7 Å². The summed E-state index contributed by atoms with van der Waals surface area (Å²) in [5.74, 6) is -0.777. The fourth-order valence-electron chi connectivity index (χ4n) is 3.70. The molecule has 0 radical (unpaired) electrons.